The van der Waals surface area contributed by atoms with Crippen molar-refractivity contribution in [2.24, 2.45) is 5.73 Å². The maximum absolute atomic E-state index is 12.7. The molecule has 1 aromatic heterocycles. The highest BCUT2D eigenvalue weighted by Gasteiger charge is 2.37. The second kappa shape index (κ2) is 9.27. The minimum Gasteiger partial charge on any atom is -0.444 e. The fourth-order valence-corrected chi connectivity index (χ4v) is 4.32. The summed E-state index contributed by atoms with van der Waals surface area (Å²) in [5.74, 6) is 0.0192. The summed E-state index contributed by atoms with van der Waals surface area (Å²) in [4.78, 5) is 37.1. The summed E-state index contributed by atoms with van der Waals surface area (Å²) in [5, 5.41) is 1.94. The molecule has 178 valence electrons. The van der Waals surface area contributed by atoms with Crippen LogP contribution in [0.3, 0.4) is 0 Å². The Labute approximate surface area is 207 Å². The van der Waals surface area contributed by atoms with Gasteiger partial charge in [0.05, 0.1) is 10.5 Å². The second-order valence-corrected chi connectivity index (χ2v) is 9.93. The largest absolute Gasteiger partial charge is 0.444 e. The number of carbonyl (C=O) groups is 2. The van der Waals surface area contributed by atoms with Gasteiger partial charge in [-0.25, -0.2) is 14.8 Å². The van der Waals surface area contributed by atoms with Crippen LogP contribution in [0.2, 0.25) is 10.0 Å². The molecule has 8 nitrogen and oxygen atoms in total. The Bertz CT molecular complexity index is 1240. The molecule has 4 rings (SSSR count). The third kappa shape index (κ3) is 5.03. The summed E-state index contributed by atoms with van der Waals surface area (Å²) >= 11 is 12.6. The lowest BCUT2D eigenvalue weighted by Gasteiger charge is -2.40. The van der Waals surface area contributed by atoms with Gasteiger partial charge in [0.2, 0.25) is 5.91 Å². The van der Waals surface area contributed by atoms with Gasteiger partial charge >= 0.3 is 6.09 Å². The summed E-state index contributed by atoms with van der Waals surface area (Å²) in [7, 11) is 0. The molecule has 1 saturated heterocycles. The number of ether oxygens (including phenoxy) is 1. The first-order valence-electron chi connectivity index (χ1n) is 10.8. The molecule has 0 aliphatic carbocycles. The third-order valence-electron chi connectivity index (χ3n) is 5.49. The van der Waals surface area contributed by atoms with Gasteiger partial charge < -0.3 is 15.4 Å². The number of nitrogens with zero attached hydrogens (tertiary/aromatic N) is 4. The van der Waals surface area contributed by atoms with Crippen molar-refractivity contribution in [3.05, 3.63) is 52.8 Å². The summed E-state index contributed by atoms with van der Waals surface area (Å²) in [6, 6.07) is 10.2. The molecule has 34 heavy (non-hydrogen) atoms. The van der Waals surface area contributed by atoms with Gasteiger partial charge in [0.1, 0.15) is 23.8 Å². The van der Waals surface area contributed by atoms with E-state index in [0.717, 1.165) is 16.5 Å². The SMILES string of the molecule is CC(C)(C)OC(=O)N1CCN(c2ncnc3cc(Cl)c(-c4ccc(Cl)cc4)cc23)C[C@@H]1C(N)=O. The van der Waals surface area contributed by atoms with E-state index in [1.54, 1.807) is 39.0 Å². The molecule has 10 heteroatoms. The molecule has 0 spiro atoms. The second-order valence-electron chi connectivity index (χ2n) is 9.09. The highest BCUT2D eigenvalue weighted by Crippen LogP contribution is 2.35. The zero-order chi connectivity index (χ0) is 24.6. The fraction of sp³-hybridized carbons (Fsp3) is 0.333. The van der Waals surface area contributed by atoms with Crippen LogP contribution in [0.15, 0.2) is 42.7 Å². The van der Waals surface area contributed by atoms with Gasteiger partial charge in [-0.05, 0) is 50.6 Å². The predicted octanol–water partition coefficient (Wildman–Crippen LogP) is 4.51. The topological polar surface area (TPSA) is 102 Å². The van der Waals surface area contributed by atoms with E-state index in [0.29, 0.717) is 27.9 Å². The molecular formula is C24H25Cl2N5O3. The normalized spacial score (nSPS) is 16.6. The Morgan fingerprint density at radius 1 is 1.09 bits per heavy atom. The summed E-state index contributed by atoms with van der Waals surface area (Å²) in [6.07, 6.45) is 0.885. The van der Waals surface area contributed by atoms with E-state index in [1.165, 1.54) is 11.2 Å². The van der Waals surface area contributed by atoms with Crippen molar-refractivity contribution in [3.63, 3.8) is 0 Å². The first kappa shape index (κ1) is 24.0. The highest BCUT2D eigenvalue weighted by molar-refractivity contribution is 6.34. The van der Waals surface area contributed by atoms with E-state index < -0.39 is 23.6 Å². The number of anilines is 1. The average Bonchev–Trinajstić information content (AvgIpc) is 2.77. The number of nitrogens with two attached hydrogens (primary N) is 1. The van der Waals surface area contributed by atoms with Crippen LogP contribution in [-0.2, 0) is 9.53 Å². The molecule has 1 aliphatic rings. The average molecular weight is 502 g/mol. The number of hydrogen-bond acceptors (Lipinski definition) is 6. The van der Waals surface area contributed by atoms with Gasteiger partial charge in [-0.1, -0.05) is 35.3 Å². The van der Waals surface area contributed by atoms with Gasteiger partial charge in [-0.3, -0.25) is 9.69 Å². The van der Waals surface area contributed by atoms with E-state index in [9.17, 15) is 9.59 Å². The lowest BCUT2D eigenvalue weighted by atomic mass is 10.0. The number of primary amides is 1. The van der Waals surface area contributed by atoms with Gasteiger partial charge in [-0.15, -0.1) is 0 Å². The van der Waals surface area contributed by atoms with E-state index in [1.807, 2.05) is 23.1 Å². The van der Waals surface area contributed by atoms with E-state index in [2.05, 4.69) is 9.97 Å². The van der Waals surface area contributed by atoms with E-state index in [-0.39, 0.29) is 13.1 Å². The monoisotopic (exact) mass is 501 g/mol. The smallest absolute Gasteiger partial charge is 0.411 e. The van der Waals surface area contributed by atoms with Gasteiger partial charge in [0.15, 0.2) is 0 Å². The Balaban J connectivity index is 1.69. The zero-order valence-corrected chi connectivity index (χ0v) is 20.6. The van der Waals surface area contributed by atoms with Crippen LogP contribution in [0.5, 0.6) is 0 Å². The Kier molecular flexibility index (Phi) is 6.55. The number of aromatic nitrogens is 2. The molecule has 1 fully saturated rings. The van der Waals surface area contributed by atoms with E-state index in [4.69, 9.17) is 33.7 Å². The summed E-state index contributed by atoms with van der Waals surface area (Å²) in [5.41, 5.74) is 7.35. The minimum absolute atomic E-state index is 0.180. The minimum atomic E-state index is -0.864. The summed E-state index contributed by atoms with van der Waals surface area (Å²) in [6.45, 7) is 6.20. The van der Waals surface area contributed by atoms with Gasteiger partial charge in [0.25, 0.3) is 0 Å². The number of amides is 2. The van der Waals surface area contributed by atoms with Crippen molar-refractivity contribution in [2.75, 3.05) is 24.5 Å². The molecule has 1 aliphatic heterocycles. The Hall–Kier alpha value is -3.10. The standard InChI is InChI=1S/C24H25Cl2N5O3/c1-24(2,3)34-23(33)31-9-8-30(12-20(31)21(27)32)22-17-10-16(14-4-6-15(25)7-5-14)18(26)11-19(17)28-13-29-22/h4-7,10-11,13,20H,8-9,12H2,1-3H3,(H2,27,32)/t20-/m1/s1. The van der Waals surface area contributed by atoms with E-state index >= 15 is 0 Å². The predicted molar refractivity (Wildman–Crippen MR) is 133 cm³/mol. The molecule has 2 amide bonds. The molecular weight excluding hydrogens is 477 g/mol. The van der Waals surface area contributed by atoms with Crippen LogP contribution in [0, 0.1) is 0 Å². The Morgan fingerprint density at radius 2 is 1.79 bits per heavy atom. The number of carbonyl (C=O) groups excluding carboxylic acids is 2. The number of rotatable bonds is 3. The highest BCUT2D eigenvalue weighted by atomic mass is 35.5. The molecule has 0 saturated carbocycles. The van der Waals surface area contributed by atoms with Crippen molar-refractivity contribution in [1.82, 2.24) is 14.9 Å². The lowest BCUT2D eigenvalue weighted by Crippen LogP contribution is -2.60. The maximum Gasteiger partial charge on any atom is 0.411 e. The number of fused-ring (bicyclic) bond motifs is 1. The van der Waals surface area contributed by atoms with Crippen molar-refractivity contribution >= 4 is 51.9 Å². The maximum atomic E-state index is 12.7. The van der Waals surface area contributed by atoms with Crippen LogP contribution in [-0.4, -0.2) is 58.1 Å². The summed E-state index contributed by atoms with van der Waals surface area (Å²) < 4.78 is 5.47. The number of hydrogen-bond donors (Lipinski definition) is 1. The number of piperazine rings is 1. The molecule has 0 radical (unpaired) electrons. The fourth-order valence-electron chi connectivity index (χ4n) is 3.92. The van der Waals surface area contributed by atoms with Crippen molar-refractivity contribution in [3.8, 4) is 11.1 Å². The molecule has 1 atom stereocenters. The molecule has 0 unspecified atom stereocenters. The van der Waals surface area contributed by atoms with Crippen molar-refractivity contribution < 1.29 is 14.3 Å². The van der Waals surface area contributed by atoms with Crippen molar-refractivity contribution in [2.45, 2.75) is 32.4 Å². The van der Waals surface area contributed by atoms with Crippen LogP contribution in [0.25, 0.3) is 22.0 Å². The van der Waals surface area contributed by atoms with Crippen LogP contribution in [0.4, 0.5) is 10.6 Å². The third-order valence-corrected chi connectivity index (χ3v) is 6.06. The van der Waals surface area contributed by atoms with Crippen LogP contribution < -0.4 is 10.6 Å². The van der Waals surface area contributed by atoms with Gasteiger partial charge in [0, 0.05) is 35.6 Å². The number of halogens is 2. The van der Waals surface area contributed by atoms with Crippen LogP contribution in [0.1, 0.15) is 20.8 Å². The zero-order valence-electron chi connectivity index (χ0n) is 19.1. The quantitative estimate of drug-likeness (QED) is 0.566. The molecule has 2 heterocycles. The van der Waals surface area contributed by atoms with Crippen molar-refractivity contribution in [1.29, 1.82) is 0 Å². The first-order valence-corrected chi connectivity index (χ1v) is 11.5. The molecule has 3 aromatic rings. The molecule has 0 bridgehead atoms. The van der Waals surface area contributed by atoms with Gasteiger partial charge in [-0.2, -0.15) is 0 Å². The number of benzene rings is 2. The van der Waals surface area contributed by atoms with Crippen LogP contribution >= 0.6 is 23.2 Å². The lowest BCUT2D eigenvalue weighted by molar-refractivity contribution is -0.123. The molecule has 2 N–H and O–H groups in total. The Morgan fingerprint density at radius 3 is 2.44 bits per heavy atom. The first-order chi connectivity index (χ1) is 16.0. The molecule has 2 aromatic carbocycles.